The van der Waals surface area contributed by atoms with E-state index in [4.69, 9.17) is 0 Å². The molecule has 0 N–H and O–H groups in total. The van der Waals surface area contributed by atoms with Gasteiger partial charge in [0, 0.05) is 12.3 Å². The summed E-state index contributed by atoms with van der Waals surface area (Å²) in [5.74, 6) is 0.236. The van der Waals surface area contributed by atoms with Gasteiger partial charge >= 0.3 is 0 Å². The van der Waals surface area contributed by atoms with Gasteiger partial charge in [0.05, 0.1) is 0 Å². The normalized spacial score (nSPS) is 12.4. The third-order valence-corrected chi connectivity index (χ3v) is 3.35. The molecule has 0 bridgehead atoms. The lowest BCUT2D eigenvalue weighted by molar-refractivity contribution is -0.120. The summed E-state index contributed by atoms with van der Waals surface area (Å²) >= 11 is 0. The highest BCUT2D eigenvalue weighted by atomic mass is 16.1. The molecule has 0 saturated heterocycles. The molecule has 0 aromatic heterocycles. The molecule has 0 aliphatic carbocycles. The maximum Gasteiger partial charge on any atom is 0.143 e. The van der Waals surface area contributed by atoms with Crippen molar-refractivity contribution in [1.82, 2.24) is 0 Å². The van der Waals surface area contributed by atoms with Crippen molar-refractivity contribution >= 4 is 5.78 Å². The monoisotopic (exact) mass is 264 g/mol. The van der Waals surface area contributed by atoms with E-state index in [0.29, 0.717) is 6.42 Å². The smallest absolute Gasteiger partial charge is 0.143 e. The van der Waals surface area contributed by atoms with Crippen molar-refractivity contribution in [3.8, 4) is 0 Å². The Labute approximate surface area is 121 Å². The fourth-order valence-electron chi connectivity index (χ4n) is 2.09. The summed E-state index contributed by atoms with van der Waals surface area (Å²) in [6, 6.07) is 20.2. The van der Waals surface area contributed by atoms with E-state index in [1.807, 2.05) is 61.5 Å². The van der Waals surface area contributed by atoms with Gasteiger partial charge in [-0.2, -0.15) is 0 Å². The standard InChI is InChI=1S/C19H20O/c1-16(9-8-14-17-10-4-2-5-11-17)19(20)15-18-12-6-3-7-13-18/h2-13,16H,14-15H2,1H3/b9-8+/t16-/m0/s1. The third kappa shape index (κ3) is 4.51. The van der Waals surface area contributed by atoms with Gasteiger partial charge in [-0.3, -0.25) is 4.79 Å². The molecular formula is C19H20O. The van der Waals surface area contributed by atoms with Crippen molar-refractivity contribution in [3.05, 3.63) is 83.9 Å². The van der Waals surface area contributed by atoms with Crippen LogP contribution in [0.4, 0.5) is 0 Å². The van der Waals surface area contributed by atoms with Crippen molar-refractivity contribution in [3.63, 3.8) is 0 Å². The maximum atomic E-state index is 12.1. The number of allylic oxidation sites excluding steroid dienone is 2. The van der Waals surface area contributed by atoms with Crippen LogP contribution in [0.15, 0.2) is 72.8 Å². The van der Waals surface area contributed by atoms with E-state index < -0.39 is 0 Å². The fraction of sp³-hybridized carbons (Fsp3) is 0.211. The summed E-state index contributed by atoms with van der Waals surface area (Å²) in [6.07, 6.45) is 5.49. The molecule has 0 aliphatic heterocycles. The predicted molar refractivity (Wildman–Crippen MR) is 83.6 cm³/mol. The van der Waals surface area contributed by atoms with Crippen LogP contribution in [0.1, 0.15) is 18.1 Å². The third-order valence-electron chi connectivity index (χ3n) is 3.35. The van der Waals surface area contributed by atoms with Crippen LogP contribution in [-0.4, -0.2) is 5.78 Å². The van der Waals surface area contributed by atoms with Crippen LogP contribution in [0.2, 0.25) is 0 Å². The Bertz CT molecular complexity index is 555. The lowest BCUT2D eigenvalue weighted by atomic mass is 9.98. The molecule has 20 heavy (non-hydrogen) atoms. The molecule has 0 radical (unpaired) electrons. The molecule has 0 aliphatic rings. The number of carbonyl (C=O) groups is 1. The zero-order valence-electron chi connectivity index (χ0n) is 11.8. The average Bonchev–Trinajstić information content (AvgIpc) is 2.49. The second-order valence-electron chi connectivity index (χ2n) is 5.04. The van der Waals surface area contributed by atoms with E-state index in [-0.39, 0.29) is 11.7 Å². The molecule has 2 aromatic carbocycles. The second-order valence-corrected chi connectivity index (χ2v) is 5.04. The Morgan fingerprint density at radius 3 is 2.10 bits per heavy atom. The minimum absolute atomic E-state index is 0.0288. The van der Waals surface area contributed by atoms with Gasteiger partial charge in [0.1, 0.15) is 5.78 Å². The number of hydrogen-bond acceptors (Lipinski definition) is 1. The maximum absolute atomic E-state index is 12.1. The molecular weight excluding hydrogens is 244 g/mol. The molecule has 1 nitrogen and oxygen atoms in total. The fourth-order valence-corrected chi connectivity index (χ4v) is 2.09. The Hall–Kier alpha value is -2.15. The number of hydrogen-bond donors (Lipinski definition) is 0. The summed E-state index contributed by atoms with van der Waals surface area (Å²) < 4.78 is 0. The molecule has 0 spiro atoms. The van der Waals surface area contributed by atoms with Gasteiger partial charge in [-0.05, 0) is 17.5 Å². The van der Waals surface area contributed by atoms with E-state index >= 15 is 0 Å². The quantitative estimate of drug-likeness (QED) is 0.713. The Kier molecular flexibility index (Phi) is 5.31. The van der Waals surface area contributed by atoms with Crippen molar-refractivity contribution in [2.45, 2.75) is 19.8 Å². The molecule has 0 amide bonds. The van der Waals surface area contributed by atoms with Crippen molar-refractivity contribution in [2.24, 2.45) is 5.92 Å². The molecule has 0 saturated carbocycles. The summed E-state index contributed by atoms with van der Waals surface area (Å²) in [7, 11) is 0. The highest BCUT2D eigenvalue weighted by Crippen LogP contribution is 2.08. The van der Waals surface area contributed by atoms with Gasteiger partial charge in [0.15, 0.2) is 0 Å². The lowest BCUT2D eigenvalue weighted by Crippen LogP contribution is -2.11. The molecule has 0 heterocycles. The first-order valence-electron chi connectivity index (χ1n) is 7.03. The lowest BCUT2D eigenvalue weighted by Gasteiger charge is -2.05. The number of carbonyl (C=O) groups excluding carboxylic acids is 1. The van der Waals surface area contributed by atoms with E-state index in [0.717, 1.165) is 12.0 Å². The largest absolute Gasteiger partial charge is 0.299 e. The summed E-state index contributed by atoms with van der Waals surface area (Å²) in [6.45, 7) is 1.97. The number of benzene rings is 2. The van der Waals surface area contributed by atoms with Crippen LogP contribution in [0, 0.1) is 5.92 Å². The number of ketones is 1. The highest BCUT2D eigenvalue weighted by Gasteiger charge is 2.09. The predicted octanol–water partition coefficient (Wildman–Crippen LogP) is 4.23. The Morgan fingerprint density at radius 2 is 1.50 bits per heavy atom. The van der Waals surface area contributed by atoms with Crippen LogP contribution in [0.25, 0.3) is 0 Å². The van der Waals surface area contributed by atoms with Crippen LogP contribution in [-0.2, 0) is 17.6 Å². The van der Waals surface area contributed by atoms with Gasteiger partial charge < -0.3 is 0 Å². The van der Waals surface area contributed by atoms with Gasteiger partial charge in [0.2, 0.25) is 0 Å². The first kappa shape index (κ1) is 14.3. The first-order chi connectivity index (χ1) is 9.75. The molecule has 0 fully saturated rings. The highest BCUT2D eigenvalue weighted by molar-refractivity contribution is 5.84. The second kappa shape index (κ2) is 7.44. The van der Waals surface area contributed by atoms with E-state index in [9.17, 15) is 4.79 Å². The topological polar surface area (TPSA) is 17.1 Å². The minimum atomic E-state index is -0.0288. The summed E-state index contributed by atoms with van der Waals surface area (Å²) in [4.78, 5) is 12.1. The minimum Gasteiger partial charge on any atom is -0.299 e. The molecule has 1 heteroatoms. The Balaban J connectivity index is 1.85. The van der Waals surface area contributed by atoms with Crippen molar-refractivity contribution in [2.75, 3.05) is 0 Å². The van der Waals surface area contributed by atoms with Crippen LogP contribution in [0.5, 0.6) is 0 Å². The first-order valence-corrected chi connectivity index (χ1v) is 7.03. The van der Waals surface area contributed by atoms with Crippen molar-refractivity contribution < 1.29 is 4.79 Å². The molecule has 0 unspecified atom stereocenters. The summed E-state index contributed by atoms with van der Waals surface area (Å²) in [5.41, 5.74) is 2.35. The van der Waals surface area contributed by atoms with Crippen LogP contribution in [0.3, 0.4) is 0 Å². The van der Waals surface area contributed by atoms with E-state index in [2.05, 4.69) is 18.2 Å². The summed E-state index contributed by atoms with van der Waals surface area (Å²) in [5, 5.41) is 0. The van der Waals surface area contributed by atoms with Gasteiger partial charge in [-0.1, -0.05) is 79.7 Å². The number of Topliss-reactive ketones (excluding diaryl/α,β-unsaturated/α-hetero) is 1. The van der Waals surface area contributed by atoms with Crippen LogP contribution < -0.4 is 0 Å². The molecule has 2 rings (SSSR count). The number of rotatable bonds is 6. The molecule has 2 aromatic rings. The zero-order chi connectivity index (χ0) is 14.2. The molecule has 1 atom stereocenters. The Morgan fingerprint density at radius 1 is 0.950 bits per heavy atom. The van der Waals surface area contributed by atoms with E-state index in [1.165, 1.54) is 5.56 Å². The average molecular weight is 264 g/mol. The van der Waals surface area contributed by atoms with Gasteiger partial charge in [-0.15, -0.1) is 0 Å². The van der Waals surface area contributed by atoms with Crippen LogP contribution >= 0.6 is 0 Å². The van der Waals surface area contributed by atoms with Crippen molar-refractivity contribution in [1.29, 1.82) is 0 Å². The SMILES string of the molecule is C[C@@H](/C=C/Cc1ccccc1)C(=O)Cc1ccccc1. The zero-order valence-corrected chi connectivity index (χ0v) is 11.8. The van der Waals surface area contributed by atoms with Gasteiger partial charge in [0.25, 0.3) is 0 Å². The van der Waals surface area contributed by atoms with Gasteiger partial charge in [-0.25, -0.2) is 0 Å². The van der Waals surface area contributed by atoms with E-state index in [1.54, 1.807) is 0 Å². The molecule has 102 valence electrons.